The fourth-order valence-corrected chi connectivity index (χ4v) is 4.10. The van der Waals surface area contributed by atoms with Crippen LogP contribution in [0.5, 0.6) is 5.75 Å². The molecule has 0 aromatic heterocycles. The largest absolute Gasteiger partial charge is 0.484 e. The van der Waals surface area contributed by atoms with Crippen LogP contribution in [0.2, 0.25) is 0 Å². The van der Waals surface area contributed by atoms with Crippen molar-refractivity contribution in [2.45, 2.75) is 32.5 Å². The molecule has 5 nitrogen and oxygen atoms in total. The minimum atomic E-state index is -0.321. The number of halogens is 1. The van der Waals surface area contributed by atoms with E-state index in [1.807, 2.05) is 44.1 Å². The first-order valence-electron chi connectivity index (χ1n) is 11.1. The molecule has 1 heterocycles. The van der Waals surface area contributed by atoms with Gasteiger partial charge in [0.05, 0.1) is 0 Å². The lowest BCUT2D eigenvalue weighted by Crippen LogP contribution is -2.54. The van der Waals surface area contributed by atoms with E-state index in [0.717, 1.165) is 30.9 Å². The molecule has 0 aliphatic carbocycles. The second kappa shape index (κ2) is 10.7. The number of carbonyl (C=O) groups excluding carboxylic acids is 1. The first kappa shape index (κ1) is 24.0. The summed E-state index contributed by atoms with van der Waals surface area (Å²) < 4.78 is 20.7. The number of hydrogen-bond donors (Lipinski definition) is 0. The highest BCUT2D eigenvalue weighted by molar-refractivity contribution is 5.87. The van der Waals surface area contributed by atoms with Crippen molar-refractivity contribution in [1.29, 1.82) is 0 Å². The highest BCUT2D eigenvalue weighted by Crippen LogP contribution is 2.26. The molecule has 1 saturated heterocycles. The summed E-state index contributed by atoms with van der Waals surface area (Å²) in [7, 11) is 4.07. The van der Waals surface area contributed by atoms with E-state index < -0.39 is 0 Å². The lowest BCUT2D eigenvalue weighted by atomic mass is 10.0. The van der Waals surface area contributed by atoms with E-state index in [9.17, 15) is 9.18 Å². The molecule has 0 N–H and O–H groups in total. The topological polar surface area (TPSA) is 36.0 Å². The molecular weight excluding hydrogens is 405 g/mol. The second-order valence-corrected chi connectivity index (χ2v) is 8.84. The number of benzene rings is 2. The van der Waals surface area contributed by atoms with Crippen LogP contribution in [0.4, 0.5) is 4.39 Å². The molecule has 172 valence electrons. The molecule has 0 bridgehead atoms. The van der Waals surface area contributed by atoms with Crippen LogP contribution in [-0.2, 0) is 11.3 Å². The zero-order valence-corrected chi connectivity index (χ0v) is 19.6. The van der Waals surface area contributed by atoms with Crippen LogP contribution >= 0.6 is 0 Å². The Morgan fingerprint density at radius 2 is 1.97 bits per heavy atom. The molecule has 2 aromatic carbocycles. The van der Waals surface area contributed by atoms with Gasteiger partial charge in [-0.2, -0.15) is 0 Å². The molecule has 1 amide bonds. The smallest absolute Gasteiger partial charge is 0.246 e. The molecule has 1 fully saturated rings. The van der Waals surface area contributed by atoms with Crippen LogP contribution in [0, 0.1) is 12.7 Å². The molecule has 2 atom stereocenters. The highest BCUT2D eigenvalue weighted by atomic mass is 19.1. The zero-order chi connectivity index (χ0) is 23.3. The lowest BCUT2D eigenvalue weighted by molar-refractivity contribution is -0.130. The van der Waals surface area contributed by atoms with E-state index in [0.29, 0.717) is 18.7 Å². The van der Waals surface area contributed by atoms with Crippen molar-refractivity contribution >= 4 is 5.91 Å². The Balaban J connectivity index is 1.76. The van der Waals surface area contributed by atoms with Crippen LogP contribution < -0.4 is 4.74 Å². The van der Waals surface area contributed by atoms with Crippen molar-refractivity contribution in [2.75, 3.05) is 40.3 Å². The maximum absolute atomic E-state index is 14.3. The summed E-state index contributed by atoms with van der Waals surface area (Å²) in [6.45, 7) is 11.0. The van der Waals surface area contributed by atoms with E-state index in [4.69, 9.17) is 4.74 Å². The number of hydrogen-bond acceptors (Lipinski definition) is 4. The number of amides is 1. The summed E-state index contributed by atoms with van der Waals surface area (Å²) in [5.74, 6) is 0.488. The zero-order valence-electron chi connectivity index (χ0n) is 19.6. The lowest BCUT2D eigenvalue weighted by Gasteiger charge is -2.40. The first-order chi connectivity index (χ1) is 15.3. The molecule has 0 unspecified atom stereocenters. The van der Waals surface area contributed by atoms with Crippen LogP contribution in [0.1, 0.15) is 29.7 Å². The fourth-order valence-electron chi connectivity index (χ4n) is 4.10. The van der Waals surface area contributed by atoms with Gasteiger partial charge in [0.15, 0.2) is 0 Å². The van der Waals surface area contributed by atoms with E-state index in [1.165, 1.54) is 11.6 Å². The van der Waals surface area contributed by atoms with Crippen LogP contribution in [0.15, 0.2) is 55.1 Å². The highest BCUT2D eigenvalue weighted by Gasteiger charge is 2.28. The average molecular weight is 440 g/mol. The Bertz CT molecular complexity index is 929. The number of ether oxygens (including phenoxy) is 1. The van der Waals surface area contributed by atoms with Gasteiger partial charge in [0.1, 0.15) is 17.7 Å². The van der Waals surface area contributed by atoms with Gasteiger partial charge in [0.2, 0.25) is 5.91 Å². The summed E-state index contributed by atoms with van der Waals surface area (Å²) >= 11 is 0. The third kappa shape index (κ3) is 6.17. The molecule has 0 radical (unpaired) electrons. The van der Waals surface area contributed by atoms with Gasteiger partial charge in [-0.15, -0.1) is 0 Å². The number of rotatable bonds is 8. The van der Waals surface area contributed by atoms with Gasteiger partial charge in [-0.05, 0) is 68.9 Å². The molecule has 3 rings (SSSR count). The molecule has 0 saturated carbocycles. The molecule has 1 aliphatic heterocycles. The van der Waals surface area contributed by atoms with E-state index in [2.05, 4.69) is 28.5 Å². The van der Waals surface area contributed by atoms with Gasteiger partial charge in [-0.25, -0.2) is 4.39 Å². The van der Waals surface area contributed by atoms with Crippen molar-refractivity contribution in [1.82, 2.24) is 14.7 Å². The minimum Gasteiger partial charge on any atom is -0.484 e. The van der Waals surface area contributed by atoms with Gasteiger partial charge < -0.3 is 14.5 Å². The Morgan fingerprint density at radius 1 is 1.25 bits per heavy atom. The van der Waals surface area contributed by atoms with Crippen LogP contribution in [-0.4, -0.2) is 66.9 Å². The summed E-state index contributed by atoms with van der Waals surface area (Å²) in [6.07, 6.45) is 1.05. The number of carbonyl (C=O) groups is 1. The predicted octanol–water partition coefficient (Wildman–Crippen LogP) is 4.03. The molecule has 1 aliphatic rings. The van der Waals surface area contributed by atoms with Crippen molar-refractivity contribution in [3.8, 4) is 5.75 Å². The summed E-state index contributed by atoms with van der Waals surface area (Å²) in [6, 6.07) is 13.4. The summed E-state index contributed by atoms with van der Waals surface area (Å²) in [5.41, 5.74) is 2.63. The monoisotopic (exact) mass is 439 g/mol. The number of piperazine rings is 1. The van der Waals surface area contributed by atoms with Gasteiger partial charge in [0, 0.05) is 38.8 Å². The number of nitrogens with zero attached hydrogens (tertiary/aromatic N) is 3. The molecule has 6 heteroatoms. The van der Waals surface area contributed by atoms with Crippen LogP contribution in [0.3, 0.4) is 0 Å². The minimum absolute atomic E-state index is 0.0385. The molecule has 32 heavy (non-hydrogen) atoms. The van der Waals surface area contributed by atoms with Crippen LogP contribution in [0.25, 0.3) is 0 Å². The Kier molecular flexibility index (Phi) is 8.04. The second-order valence-electron chi connectivity index (χ2n) is 8.84. The van der Waals surface area contributed by atoms with Gasteiger partial charge >= 0.3 is 0 Å². The van der Waals surface area contributed by atoms with E-state index in [-0.39, 0.29) is 23.9 Å². The van der Waals surface area contributed by atoms with Crippen molar-refractivity contribution in [3.05, 3.63) is 77.6 Å². The average Bonchev–Trinajstić information content (AvgIpc) is 2.76. The van der Waals surface area contributed by atoms with Gasteiger partial charge in [-0.1, -0.05) is 30.8 Å². The maximum atomic E-state index is 14.3. The van der Waals surface area contributed by atoms with Crippen molar-refractivity contribution in [3.63, 3.8) is 0 Å². The van der Waals surface area contributed by atoms with E-state index in [1.54, 1.807) is 19.1 Å². The maximum Gasteiger partial charge on any atom is 0.246 e. The van der Waals surface area contributed by atoms with Crippen molar-refractivity contribution in [2.24, 2.45) is 0 Å². The van der Waals surface area contributed by atoms with Gasteiger partial charge in [-0.3, -0.25) is 9.69 Å². The standard InChI is InChI=1S/C26H34FN3O2/c1-6-26(31)30-14-13-29(16-20(30)3)18-25(22-10-7-19(2)24(27)15-22)32-23-11-8-21(9-12-23)17-28(4)5/h6-12,15,20,25H,1,13-14,16-18H2,2-5H3/t20-,25-/m1/s1. The molecular formula is C26H34FN3O2. The SMILES string of the molecule is C=CC(=O)N1CCN(C[C@@H](Oc2ccc(CN(C)C)cc2)c2ccc(C)c(F)c2)C[C@H]1C. The Labute approximate surface area is 191 Å². The quantitative estimate of drug-likeness (QED) is 0.582. The van der Waals surface area contributed by atoms with Gasteiger partial charge in [0.25, 0.3) is 0 Å². The third-order valence-electron chi connectivity index (χ3n) is 5.86. The molecule has 2 aromatic rings. The number of aryl methyl sites for hydroxylation is 1. The third-order valence-corrected chi connectivity index (χ3v) is 5.86. The predicted molar refractivity (Wildman–Crippen MR) is 126 cm³/mol. The van der Waals surface area contributed by atoms with Crippen molar-refractivity contribution < 1.29 is 13.9 Å². The Morgan fingerprint density at radius 3 is 2.56 bits per heavy atom. The first-order valence-corrected chi connectivity index (χ1v) is 11.1. The molecule has 0 spiro atoms. The normalized spacial score (nSPS) is 17.9. The van der Waals surface area contributed by atoms with E-state index >= 15 is 0 Å². The summed E-state index contributed by atoms with van der Waals surface area (Å²) in [5, 5.41) is 0. The Hall–Kier alpha value is -2.70. The fraction of sp³-hybridized carbons (Fsp3) is 0.423. The summed E-state index contributed by atoms with van der Waals surface area (Å²) in [4.78, 5) is 18.3.